The summed E-state index contributed by atoms with van der Waals surface area (Å²) in [7, 11) is 1.66. The topological polar surface area (TPSA) is 66.1 Å². The molecule has 1 fully saturated rings. The third kappa shape index (κ3) is 2.85. The van der Waals surface area contributed by atoms with Gasteiger partial charge in [-0.2, -0.15) is 4.98 Å². The highest BCUT2D eigenvalue weighted by atomic mass is 16.5. The van der Waals surface area contributed by atoms with Crippen molar-refractivity contribution in [2.24, 2.45) is 0 Å². The van der Waals surface area contributed by atoms with Crippen LogP contribution in [0.15, 0.2) is 24.3 Å². The number of piperazine rings is 1. The van der Waals surface area contributed by atoms with Crippen LogP contribution >= 0.6 is 0 Å². The fourth-order valence-corrected chi connectivity index (χ4v) is 2.85. The number of H-pyrrole nitrogens is 1. The van der Waals surface area contributed by atoms with Gasteiger partial charge >= 0.3 is 0 Å². The zero-order valence-corrected chi connectivity index (χ0v) is 12.6. The van der Waals surface area contributed by atoms with Crippen LogP contribution in [0.4, 0.5) is 5.95 Å². The maximum Gasteiger partial charge on any atom is 0.245 e. The van der Waals surface area contributed by atoms with Crippen molar-refractivity contribution in [1.82, 2.24) is 20.5 Å². The van der Waals surface area contributed by atoms with E-state index in [1.807, 2.05) is 24.3 Å². The van der Waals surface area contributed by atoms with Gasteiger partial charge in [-0.05, 0) is 26.0 Å². The Morgan fingerprint density at radius 2 is 1.90 bits per heavy atom. The molecule has 1 aliphatic heterocycles. The molecule has 2 N–H and O–H groups in total. The zero-order chi connectivity index (χ0) is 14.8. The predicted molar refractivity (Wildman–Crippen MR) is 82.6 cm³/mol. The minimum atomic E-state index is 0.432. The Labute approximate surface area is 124 Å². The van der Waals surface area contributed by atoms with Crippen molar-refractivity contribution < 1.29 is 4.74 Å². The molecule has 2 atom stereocenters. The van der Waals surface area contributed by atoms with Crippen molar-refractivity contribution >= 4 is 5.95 Å². The molecule has 6 heteroatoms. The fraction of sp³-hybridized carbons (Fsp3) is 0.467. The quantitative estimate of drug-likeness (QED) is 0.899. The maximum absolute atomic E-state index is 5.38. The summed E-state index contributed by atoms with van der Waals surface area (Å²) in [5.41, 5.74) is 0.926. The molecule has 112 valence electrons. The van der Waals surface area contributed by atoms with E-state index in [0.29, 0.717) is 12.1 Å². The molecule has 2 aromatic rings. The highest BCUT2D eigenvalue weighted by Crippen LogP contribution is 2.27. The summed E-state index contributed by atoms with van der Waals surface area (Å²) < 4.78 is 5.38. The molecule has 1 saturated heterocycles. The Hall–Kier alpha value is -2.08. The fourth-order valence-electron chi connectivity index (χ4n) is 2.85. The molecule has 0 bridgehead atoms. The first-order chi connectivity index (χ1) is 10.2. The normalized spacial score (nSPS) is 22.3. The van der Waals surface area contributed by atoms with Crippen LogP contribution in [0.1, 0.15) is 13.8 Å². The minimum absolute atomic E-state index is 0.432. The summed E-state index contributed by atoms with van der Waals surface area (Å²) in [6.45, 7) is 6.17. The van der Waals surface area contributed by atoms with E-state index in [0.717, 1.165) is 36.2 Å². The summed E-state index contributed by atoms with van der Waals surface area (Å²) in [4.78, 5) is 6.84. The van der Waals surface area contributed by atoms with E-state index in [-0.39, 0.29) is 0 Å². The van der Waals surface area contributed by atoms with Crippen LogP contribution in [0.25, 0.3) is 11.4 Å². The molecule has 0 spiro atoms. The molecular weight excluding hydrogens is 266 g/mol. The smallest absolute Gasteiger partial charge is 0.245 e. The van der Waals surface area contributed by atoms with Gasteiger partial charge in [-0.1, -0.05) is 12.1 Å². The summed E-state index contributed by atoms with van der Waals surface area (Å²) in [5.74, 6) is 2.28. The van der Waals surface area contributed by atoms with Gasteiger partial charge in [-0.25, -0.2) is 0 Å². The number of benzene rings is 1. The van der Waals surface area contributed by atoms with Crippen molar-refractivity contribution in [1.29, 1.82) is 0 Å². The Bertz CT molecular complexity index is 602. The predicted octanol–water partition coefficient (Wildman–Crippen LogP) is 1.67. The third-order valence-corrected chi connectivity index (χ3v) is 3.68. The molecule has 2 heterocycles. The van der Waals surface area contributed by atoms with Crippen molar-refractivity contribution in [2.75, 3.05) is 25.1 Å². The van der Waals surface area contributed by atoms with E-state index in [4.69, 9.17) is 4.74 Å². The number of rotatable bonds is 3. The number of hydrogen-bond donors (Lipinski definition) is 2. The second-order valence-corrected chi connectivity index (χ2v) is 5.56. The number of ether oxygens (including phenoxy) is 1. The number of nitrogens with zero attached hydrogens (tertiary/aromatic N) is 3. The molecule has 1 aromatic carbocycles. The lowest BCUT2D eigenvalue weighted by Crippen LogP contribution is -2.54. The van der Waals surface area contributed by atoms with E-state index in [1.165, 1.54) is 0 Å². The molecular formula is C15H21N5O. The Morgan fingerprint density at radius 3 is 2.62 bits per heavy atom. The van der Waals surface area contributed by atoms with Gasteiger partial charge in [-0.3, -0.25) is 5.10 Å². The van der Waals surface area contributed by atoms with E-state index in [9.17, 15) is 0 Å². The van der Waals surface area contributed by atoms with Crippen molar-refractivity contribution in [3.05, 3.63) is 24.3 Å². The van der Waals surface area contributed by atoms with Gasteiger partial charge in [0, 0.05) is 25.2 Å². The number of aromatic nitrogens is 3. The molecule has 2 unspecified atom stereocenters. The largest absolute Gasteiger partial charge is 0.496 e. The van der Waals surface area contributed by atoms with Crippen LogP contribution in [0.5, 0.6) is 5.75 Å². The number of methoxy groups -OCH3 is 1. The average molecular weight is 287 g/mol. The molecule has 3 rings (SSSR count). The van der Waals surface area contributed by atoms with Crippen molar-refractivity contribution in [3.63, 3.8) is 0 Å². The van der Waals surface area contributed by atoms with E-state index in [2.05, 4.69) is 39.2 Å². The monoisotopic (exact) mass is 287 g/mol. The van der Waals surface area contributed by atoms with Crippen LogP contribution in [0, 0.1) is 0 Å². The summed E-state index contributed by atoms with van der Waals surface area (Å²) in [5, 5.41) is 10.9. The van der Waals surface area contributed by atoms with Gasteiger partial charge in [0.2, 0.25) is 5.95 Å². The number of anilines is 1. The van der Waals surface area contributed by atoms with Gasteiger partial charge in [0.1, 0.15) is 5.75 Å². The lowest BCUT2D eigenvalue weighted by molar-refractivity contribution is 0.403. The van der Waals surface area contributed by atoms with E-state index < -0.39 is 0 Å². The highest BCUT2D eigenvalue weighted by Gasteiger charge is 2.24. The molecule has 21 heavy (non-hydrogen) atoms. The van der Waals surface area contributed by atoms with Crippen molar-refractivity contribution in [2.45, 2.75) is 25.9 Å². The maximum atomic E-state index is 5.38. The third-order valence-electron chi connectivity index (χ3n) is 3.68. The van der Waals surface area contributed by atoms with E-state index >= 15 is 0 Å². The van der Waals surface area contributed by atoms with Crippen LogP contribution in [0.3, 0.4) is 0 Å². The first kappa shape index (κ1) is 13.9. The van der Waals surface area contributed by atoms with Crippen LogP contribution in [-0.4, -0.2) is 47.5 Å². The first-order valence-electron chi connectivity index (χ1n) is 7.24. The number of hydrogen-bond acceptors (Lipinski definition) is 5. The molecule has 0 saturated carbocycles. The van der Waals surface area contributed by atoms with Gasteiger partial charge in [0.25, 0.3) is 0 Å². The van der Waals surface area contributed by atoms with Crippen molar-refractivity contribution in [3.8, 4) is 17.1 Å². The molecule has 0 radical (unpaired) electrons. The van der Waals surface area contributed by atoms with Crippen LogP contribution in [-0.2, 0) is 0 Å². The molecule has 6 nitrogen and oxygen atoms in total. The lowest BCUT2D eigenvalue weighted by Gasteiger charge is -2.35. The van der Waals surface area contributed by atoms with Gasteiger partial charge in [0.05, 0.1) is 12.7 Å². The molecule has 1 aliphatic rings. The number of para-hydroxylation sites is 1. The number of nitrogens with one attached hydrogen (secondary N) is 2. The Kier molecular flexibility index (Phi) is 3.79. The van der Waals surface area contributed by atoms with Crippen LogP contribution in [0.2, 0.25) is 0 Å². The molecule has 0 amide bonds. The Balaban J connectivity index is 1.86. The molecule has 1 aromatic heterocycles. The number of aromatic amines is 1. The Morgan fingerprint density at radius 1 is 1.19 bits per heavy atom. The van der Waals surface area contributed by atoms with Gasteiger partial charge in [-0.15, -0.1) is 5.10 Å². The average Bonchev–Trinajstić information content (AvgIpc) is 2.96. The second-order valence-electron chi connectivity index (χ2n) is 5.56. The van der Waals surface area contributed by atoms with Gasteiger partial charge < -0.3 is 15.0 Å². The van der Waals surface area contributed by atoms with Gasteiger partial charge in [0.15, 0.2) is 5.82 Å². The SMILES string of the molecule is COc1ccccc1-c1nc(N2CC(C)NC(C)C2)n[nH]1. The zero-order valence-electron chi connectivity index (χ0n) is 12.6. The minimum Gasteiger partial charge on any atom is -0.496 e. The van der Waals surface area contributed by atoms with E-state index in [1.54, 1.807) is 7.11 Å². The first-order valence-corrected chi connectivity index (χ1v) is 7.24. The summed E-state index contributed by atoms with van der Waals surface area (Å²) in [6, 6.07) is 8.68. The lowest BCUT2D eigenvalue weighted by atomic mass is 10.1. The standard InChI is InChI=1S/C15H21N5O/c1-10-8-20(9-11(2)16-10)15-17-14(18-19-15)12-6-4-5-7-13(12)21-3/h4-7,10-11,16H,8-9H2,1-3H3,(H,17,18,19). The summed E-state index contributed by atoms with van der Waals surface area (Å²) in [6.07, 6.45) is 0. The second kappa shape index (κ2) is 5.73. The summed E-state index contributed by atoms with van der Waals surface area (Å²) >= 11 is 0. The highest BCUT2D eigenvalue weighted by molar-refractivity contribution is 5.64. The van der Waals surface area contributed by atoms with Crippen LogP contribution < -0.4 is 15.0 Å². The molecule has 0 aliphatic carbocycles.